The second-order valence-electron chi connectivity index (χ2n) is 6.24. The Bertz CT molecular complexity index is 562. The van der Waals surface area contributed by atoms with E-state index in [0.717, 1.165) is 51.5 Å². The molecule has 2 unspecified atom stereocenters. The maximum atomic E-state index is 13.9. The number of aromatic nitrogens is 1. The van der Waals surface area contributed by atoms with Crippen LogP contribution in [-0.2, 0) is 4.74 Å². The van der Waals surface area contributed by atoms with Gasteiger partial charge < -0.3 is 20.3 Å². The van der Waals surface area contributed by atoms with Gasteiger partial charge in [0, 0.05) is 38.5 Å². The highest BCUT2D eigenvalue weighted by Crippen LogP contribution is 2.20. The molecule has 3 rings (SSSR count). The number of halogens is 1. The molecule has 0 saturated carbocycles. The monoisotopic (exact) mass is 335 g/mol. The van der Waals surface area contributed by atoms with E-state index in [1.165, 1.54) is 6.07 Å². The van der Waals surface area contributed by atoms with Crippen LogP contribution in [0.5, 0.6) is 0 Å². The van der Waals surface area contributed by atoms with Crippen LogP contribution in [0.1, 0.15) is 26.2 Å². The van der Waals surface area contributed by atoms with Gasteiger partial charge in [0.1, 0.15) is 0 Å². The lowest BCUT2D eigenvalue weighted by atomic mass is 10.2. The molecule has 2 aliphatic rings. The fourth-order valence-electron chi connectivity index (χ4n) is 3.18. The van der Waals surface area contributed by atoms with Gasteiger partial charge in [-0.25, -0.2) is 9.37 Å². The molecule has 0 bridgehead atoms. The van der Waals surface area contributed by atoms with Crippen LogP contribution in [0.4, 0.5) is 10.2 Å². The molecule has 2 N–H and O–H groups in total. The Morgan fingerprint density at radius 3 is 3.17 bits per heavy atom. The summed E-state index contributed by atoms with van der Waals surface area (Å²) in [6.07, 6.45) is 5.01. The molecular weight excluding hydrogens is 309 g/mol. The Kier molecular flexibility index (Phi) is 5.85. The van der Waals surface area contributed by atoms with Crippen LogP contribution < -0.4 is 15.5 Å². The summed E-state index contributed by atoms with van der Waals surface area (Å²) in [6, 6.07) is 3.30. The number of nitrogens with zero attached hydrogens (tertiary/aromatic N) is 3. The highest BCUT2D eigenvalue weighted by Gasteiger charge is 2.26. The predicted octanol–water partition coefficient (Wildman–Crippen LogP) is 1.53. The molecule has 2 aliphatic heterocycles. The van der Waals surface area contributed by atoms with Gasteiger partial charge in [-0.15, -0.1) is 0 Å². The van der Waals surface area contributed by atoms with Gasteiger partial charge in [-0.1, -0.05) is 0 Å². The Labute approximate surface area is 142 Å². The lowest BCUT2D eigenvalue weighted by Crippen LogP contribution is -2.45. The van der Waals surface area contributed by atoms with Crippen LogP contribution >= 0.6 is 0 Å². The highest BCUT2D eigenvalue weighted by molar-refractivity contribution is 5.80. The molecule has 7 heteroatoms. The zero-order chi connectivity index (χ0) is 16.8. The summed E-state index contributed by atoms with van der Waals surface area (Å²) < 4.78 is 19.5. The predicted molar refractivity (Wildman–Crippen MR) is 92.9 cm³/mol. The molecule has 132 valence electrons. The van der Waals surface area contributed by atoms with Gasteiger partial charge in [0.2, 0.25) is 0 Å². The maximum absolute atomic E-state index is 13.9. The molecule has 2 atom stereocenters. The maximum Gasteiger partial charge on any atom is 0.191 e. The summed E-state index contributed by atoms with van der Waals surface area (Å²) in [5.41, 5.74) is 0. The van der Waals surface area contributed by atoms with Gasteiger partial charge in [-0.2, -0.15) is 0 Å². The summed E-state index contributed by atoms with van der Waals surface area (Å²) in [7, 11) is 0. The molecule has 0 radical (unpaired) electrons. The van der Waals surface area contributed by atoms with Gasteiger partial charge in [-0.3, -0.25) is 4.99 Å². The van der Waals surface area contributed by atoms with Crippen molar-refractivity contribution in [3.63, 3.8) is 0 Å². The Balaban J connectivity index is 1.55. The van der Waals surface area contributed by atoms with E-state index in [1.54, 1.807) is 12.3 Å². The zero-order valence-corrected chi connectivity index (χ0v) is 14.2. The van der Waals surface area contributed by atoms with Crippen LogP contribution in [0.3, 0.4) is 0 Å². The molecule has 0 spiro atoms. The number of aliphatic imine (C=N–C) groups is 1. The fourth-order valence-corrected chi connectivity index (χ4v) is 3.18. The third-order valence-corrected chi connectivity index (χ3v) is 4.39. The van der Waals surface area contributed by atoms with E-state index in [4.69, 9.17) is 4.74 Å². The first-order chi connectivity index (χ1) is 11.8. The topological polar surface area (TPSA) is 61.8 Å². The number of ether oxygens (including phenoxy) is 1. The highest BCUT2D eigenvalue weighted by atomic mass is 19.1. The zero-order valence-electron chi connectivity index (χ0n) is 14.2. The third-order valence-electron chi connectivity index (χ3n) is 4.39. The van der Waals surface area contributed by atoms with Crippen molar-refractivity contribution in [2.24, 2.45) is 4.99 Å². The van der Waals surface area contributed by atoms with Crippen molar-refractivity contribution in [1.82, 2.24) is 15.6 Å². The lowest BCUT2D eigenvalue weighted by Gasteiger charge is -2.20. The largest absolute Gasteiger partial charge is 0.376 e. The number of guanidine groups is 1. The molecule has 0 aliphatic carbocycles. The average Bonchev–Trinajstić information content (AvgIpc) is 3.25. The van der Waals surface area contributed by atoms with Crippen molar-refractivity contribution in [2.75, 3.05) is 37.7 Å². The minimum Gasteiger partial charge on any atom is -0.376 e. The van der Waals surface area contributed by atoms with Crippen molar-refractivity contribution in [2.45, 2.75) is 38.3 Å². The molecule has 1 aromatic rings. The summed E-state index contributed by atoms with van der Waals surface area (Å²) in [5.74, 6) is 0.974. The Hall–Kier alpha value is -1.89. The minimum atomic E-state index is -0.267. The van der Waals surface area contributed by atoms with Gasteiger partial charge >= 0.3 is 0 Å². The molecular formula is C17H26FN5O. The van der Waals surface area contributed by atoms with Crippen molar-refractivity contribution < 1.29 is 9.13 Å². The first-order valence-electron chi connectivity index (χ1n) is 8.78. The Morgan fingerprint density at radius 1 is 1.50 bits per heavy atom. The van der Waals surface area contributed by atoms with Gasteiger partial charge in [0.25, 0.3) is 0 Å². The summed E-state index contributed by atoms with van der Waals surface area (Å²) in [6.45, 7) is 5.89. The number of hydrogen-bond donors (Lipinski definition) is 2. The van der Waals surface area contributed by atoms with Crippen LogP contribution in [-0.4, -0.2) is 55.9 Å². The SMILES string of the molecule is CCNC(=NCC1CCCO1)NC1CCN(c2ncccc2F)C1. The average molecular weight is 335 g/mol. The summed E-state index contributed by atoms with van der Waals surface area (Å²) in [5, 5.41) is 6.73. The number of hydrogen-bond acceptors (Lipinski definition) is 4. The third kappa shape index (κ3) is 4.35. The van der Waals surface area contributed by atoms with Crippen LogP contribution in [0, 0.1) is 5.82 Å². The van der Waals surface area contributed by atoms with Crippen molar-refractivity contribution in [3.8, 4) is 0 Å². The summed E-state index contributed by atoms with van der Waals surface area (Å²) >= 11 is 0. The van der Waals surface area contributed by atoms with E-state index in [9.17, 15) is 4.39 Å². The molecule has 2 saturated heterocycles. The molecule has 24 heavy (non-hydrogen) atoms. The van der Waals surface area contributed by atoms with Crippen LogP contribution in [0.2, 0.25) is 0 Å². The van der Waals surface area contributed by atoms with E-state index < -0.39 is 0 Å². The van der Waals surface area contributed by atoms with Crippen LogP contribution in [0.25, 0.3) is 0 Å². The number of pyridine rings is 1. The normalized spacial score (nSPS) is 24.4. The van der Waals surface area contributed by atoms with E-state index in [2.05, 4.69) is 20.6 Å². The van der Waals surface area contributed by atoms with Crippen molar-refractivity contribution in [1.29, 1.82) is 0 Å². The fraction of sp³-hybridized carbons (Fsp3) is 0.647. The van der Waals surface area contributed by atoms with E-state index >= 15 is 0 Å². The molecule has 6 nitrogen and oxygen atoms in total. The van der Waals surface area contributed by atoms with Gasteiger partial charge in [0.15, 0.2) is 17.6 Å². The first-order valence-corrected chi connectivity index (χ1v) is 8.78. The van der Waals surface area contributed by atoms with E-state index in [1.807, 2.05) is 11.8 Å². The van der Waals surface area contributed by atoms with Crippen LogP contribution in [0.15, 0.2) is 23.3 Å². The number of rotatable bonds is 5. The van der Waals surface area contributed by atoms with E-state index in [0.29, 0.717) is 12.4 Å². The Morgan fingerprint density at radius 2 is 2.42 bits per heavy atom. The smallest absolute Gasteiger partial charge is 0.191 e. The molecule has 0 aromatic carbocycles. The lowest BCUT2D eigenvalue weighted by molar-refractivity contribution is 0.117. The van der Waals surface area contributed by atoms with Crippen molar-refractivity contribution >= 4 is 11.8 Å². The quantitative estimate of drug-likeness (QED) is 0.631. The standard InChI is InChI=1S/C17H26FN5O/c1-2-19-17(21-11-14-5-4-10-24-14)22-13-7-9-23(12-13)16-15(18)6-3-8-20-16/h3,6,8,13-14H,2,4-5,7,9-12H2,1H3,(H2,19,21,22). The van der Waals surface area contributed by atoms with E-state index in [-0.39, 0.29) is 18.0 Å². The molecule has 2 fully saturated rings. The molecule has 3 heterocycles. The second-order valence-corrected chi connectivity index (χ2v) is 6.24. The molecule has 0 amide bonds. The first kappa shape index (κ1) is 17.0. The van der Waals surface area contributed by atoms with Crippen molar-refractivity contribution in [3.05, 3.63) is 24.1 Å². The number of anilines is 1. The van der Waals surface area contributed by atoms with Gasteiger partial charge in [0.05, 0.1) is 12.6 Å². The summed E-state index contributed by atoms with van der Waals surface area (Å²) in [4.78, 5) is 10.8. The molecule has 1 aromatic heterocycles. The number of nitrogens with one attached hydrogen (secondary N) is 2. The van der Waals surface area contributed by atoms with Gasteiger partial charge in [-0.05, 0) is 38.3 Å². The second kappa shape index (κ2) is 8.28. The minimum absolute atomic E-state index is 0.230.